The maximum absolute atomic E-state index is 10.5. The summed E-state index contributed by atoms with van der Waals surface area (Å²) in [5, 5.41) is 19.6. The van der Waals surface area contributed by atoms with E-state index < -0.39 is 4.92 Å². The van der Waals surface area contributed by atoms with Crippen molar-refractivity contribution >= 4 is 23.3 Å². The zero-order valence-corrected chi connectivity index (χ0v) is 8.53. The van der Waals surface area contributed by atoms with Crippen LogP contribution >= 0.6 is 11.8 Å². The molecule has 1 heterocycles. The van der Waals surface area contributed by atoms with Crippen LogP contribution in [0.1, 0.15) is 0 Å². The van der Waals surface area contributed by atoms with E-state index in [0.717, 1.165) is 0 Å². The van der Waals surface area contributed by atoms with E-state index in [1.165, 1.54) is 23.9 Å². The Bertz CT molecular complexity index is 360. The smallest absolute Gasteiger partial charge is 0.275 e. The van der Waals surface area contributed by atoms with Gasteiger partial charge in [-0.1, -0.05) is 0 Å². The summed E-state index contributed by atoms with van der Waals surface area (Å²) in [5.41, 5.74) is 2.16. The molecule has 82 valence electrons. The molecule has 0 radical (unpaired) electrons. The summed E-state index contributed by atoms with van der Waals surface area (Å²) in [7, 11) is 0. The average Bonchev–Trinajstić information content (AvgIpc) is 2.25. The zero-order chi connectivity index (χ0) is 11.3. The van der Waals surface area contributed by atoms with Crippen LogP contribution in [0, 0.1) is 10.1 Å². The Hall–Kier alpha value is -1.38. The molecule has 15 heavy (non-hydrogen) atoms. The van der Waals surface area contributed by atoms with Gasteiger partial charge in [-0.2, -0.15) is 0 Å². The summed E-state index contributed by atoms with van der Waals surface area (Å²) in [5.74, 6) is 5.78. The number of hydrogen-bond donors (Lipinski definition) is 3. The second kappa shape index (κ2) is 5.49. The van der Waals surface area contributed by atoms with E-state index in [4.69, 9.17) is 10.9 Å². The summed E-state index contributed by atoms with van der Waals surface area (Å²) in [6.07, 6.45) is 0. The third-order valence-electron chi connectivity index (χ3n) is 1.49. The first-order valence-corrected chi connectivity index (χ1v) is 5.02. The number of nitrogens with two attached hydrogens (primary N) is 1. The van der Waals surface area contributed by atoms with Crippen molar-refractivity contribution in [2.24, 2.45) is 5.84 Å². The van der Waals surface area contributed by atoms with Crippen molar-refractivity contribution in [3.8, 4) is 0 Å². The van der Waals surface area contributed by atoms with Gasteiger partial charge in [0.15, 0.2) is 0 Å². The van der Waals surface area contributed by atoms with Gasteiger partial charge in [-0.15, -0.1) is 11.8 Å². The van der Waals surface area contributed by atoms with Crippen molar-refractivity contribution in [3.63, 3.8) is 0 Å². The van der Waals surface area contributed by atoms with Crippen LogP contribution in [0.4, 0.5) is 11.5 Å². The van der Waals surface area contributed by atoms with Gasteiger partial charge in [0.2, 0.25) is 0 Å². The van der Waals surface area contributed by atoms with E-state index in [-0.39, 0.29) is 18.1 Å². The highest BCUT2D eigenvalue weighted by Crippen LogP contribution is 2.23. The highest BCUT2D eigenvalue weighted by atomic mass is 32.2. The molecule has 0 bridgehead atoms. The predicted molar refractivity (Wildman–Crippen MR) is 56.5 cm³/mol. The van der Waals surface area contributed by atoms with Gasteiger partial charge in [0.05, 0.1) is 17.6 Å². The molecule has 0 atom stereocenters. The maximum atomic E-state index is 10.5. The predicted octanol–water partition coefficient (Wildman–Crippen LogP) is 0.360. The van der Waals surface area contributed by atoms with Crippen LogP contribution in [0.25, 0.3) is 0 Å². The quantitative estimate of drug-likeness (QED) is 0.289. The molecule has 0 saturated carbocycles. The number of hydrazine groups is 1. The molecule has 1 aromatic rings. The molecule has 0 aromatic carbocycles. The number of nitrogens with zero attached hydrogens (tertiary/aromatic N) is 2. The lowest BCUT2D eigenvalue weighted by Gasteiger charge is -2.03. The van der Waals surface area contributed by atoms with Crippen LogP contribution < -0.4 is 11.3 Å². The number of aliphatic hydroxyl groups is 1. The minimum absolute atomic E-state index is 0.0135. The van der Waals surface area contributed by atoms with Crippen LogP contribution in [0.15, 0.2) is 17.2 Å². The van der Waals surface area contributed by atoms with Gasteiger partial charge in [0.1, 0.15) is 10.8 Å². The van der Waals surface area contributed by atoms with E-state index in [9.17, 15) is 10.1 Å². The van der Waals surface area contributed by atoms with E-state index in [1.807, 2.05) is 0 Å². The molecule has 0 aliphatic rings. The number of aliphatic hydroxyl groups excluding tert-OH is 1. The van der Waals surface area contributed by atoms with Gasteiger partial charge >= 0.3 is 0 Å². The third kappa shape index (κ3) is 3.35. The van der Waals surface area contributed by atoms with E-state index in [0.29, 0.717) is 10.8 Å². The third-order valence-corrected chi connectivity index (χ3v) is 2.38. The number of nitrogens with one attached hydrogen (secondary N) is 1. The molecule has 1 aromatic heterocycles. The van der Waals surface area contributed by atoms with Crippen molar-refractivity contribution < 1.29 is 10.0 Å². The van der Waals surface area contributed by atoms with Crippen molar-refractivity contribution in [1.82, 2.24) is 4.98 Å². The van der Waals surface area contributed by atoms with Crippen LogP contribution in [-0.4, -0.2) is 27.4 Å². The Morgan fingerprint density at radius 2 is 2.40 bits per heavy atom. The molecule has 1 rings (SSSR count). The number of pyridine rings is 1. The van der Waals surface area contributed by atoms with Gasteiger partial charge < -0.3 is 10.5 Å². The van der Waals surface area contributed by atoms with Gasteiger partial charge in [0.25, 0.3) is 5.69 Å². The molecule has 0 aliphatic carbocycles. The lowest BCUT2D eigenvalue weighted by molar-refractivity contribution is -0.385. The normalized spacial score (nSPS) is 10.0. The van der Waals surface area contributed by atoms with Crippen LogP contribution in [-0.2, 0) is 0 Å². The molecule has 0 saturated heterocycles. The lowest BCUT2D eigenvalue weighted by atomic mass is 10.4. The maximum Gasteiger partial charge on any atom is 0.275 e. The minimum Gasteiger partial charge on any atom is -0.396 e. The highest BCUT2D eigenvalue weighted by Gasteiger charge is 2.10. The standard InChI is InChI=1S/C7H10N4O3S/c8-10-6-3-5(11(13)14)4-7(9-6)15-2-1-12/h3-4,12H,1-2,8H2,(H,9,10). The first-order chi connectivity index (χ1) is 7.17. The number of anilines is 1. The Morgan fingerprint density at radius 3 is 2.93 bits per heavy atom. The number of hydrogen-bond acceptors (Lipinski definition) is 7. The molecule has 0 amide bonds. The van der Waals surface area contributed by atoms with Gasteiger partial charge in [-0.3, -0.25) is 10.1 Å². The van der Waals surface area contributed by atoms with E-state index in [1.54, 1.807) is 0 Å². The Kier molecular flexibility index (Phi) is 4.28. The molecular weight excluding hydrogens is 220 g/mol. The Balaban J connectivity index is 2.95. The summed E-state index contributed by atoms with van der Waals surface area (Å²) < 4.78 is 0. The Morgan fingerprint density at radius 1 is 1.67 bits per heavy atom. The van der Waals surface area contributed by atoms with Gasteiger partial charge in [0, 0.05) is 11.8 Å². The van der Waals surface area contributed by atoms with Crippen molar-refractivity contribution in [2.45, 2.75) is 5.03 Å². The molecule has 0 unspecified atom stereocenters. The minimum atomic E-state index is -0.522. The first kappa shape index (κ1) is 11.7. The van der Waals surface area contributed by atoms with Crippen molar-refractivity contribution in [3.05, 3.63) is 22.2 Å². The number of nitrogen functional groups attached to an aromatic ring is 1. The summed E-state index contributed by atoms with van der Waals surface area (Å²) in [6.45, 7) is -0.0135. The lowest BCUT2D eigenvalue weighted by Crippen LogP contribution is -2.09. The fourth-order valence-electron chi connectivity index (χ4n) is 0.895. The largest absolute Gasteiger partial charge is 0.396 e. The monoisotopic (exact) mass is 230 g/mol. The van der Waals surface area contributed by atoms with E-state index in [2.05, 4.69) is 10.4 Å². The van der Waals surface area contributed by atoms with Crippen LogP contribution in [0.2, 0.25) is 0 Å². The van der Waals surface area contributed by atoms with Crippen molar-refractivity contribution in [1.29, 1.82) is 0 Å². The first-order valence-electron chi connectivity index (χ1n) is 4.04. The van der Waals surface area contributed by atoms with E-state index >= 15 is 0 Å². The van der Waals surface area contributed by atoms with Crippen LogP contribution in [0.3, 0.4) is 0 Å². The molecule has 7 nitrogen and oxygen atoms in total. The SMILES string of the molecule is NNc1cc([N+](=O)[O-])cc(SCCO)n1. The molecule has 0 aliphatic heterocycles. The second-order valence-corrected chi connectivity index (χ2v) is 3.64. The van der Waals surface area contributed by atoms with Crippen molar-refractivity contribution in [2.75, 3.05) is 17.8 Å². The summed E-state index contributed by atoms with van der Waals surface area (Å²) >= 11 is 1.22. The van der Waals surface area contributed by atoms with Crippen LogP contribution in [0.5, 0.6) is 0 Å². The number of rotatable bonds is 5. The Labute approximate surface area is 89.8 Å². The summed E-state index contributed by atoms with van der Waals surface area (Å²) in [6, 6.07) is 2.57. The molecule has 0 spiro atoms. The number of nitro groups is 1. The number of aromatic nitrogens is 1. The van der Waals surface area contributed by atoms with Gasteiger partial charge in [-0.25, -0.2) is 10.8 Å². The average molecular weight is 230 g/mol. The molecule has 0 fully saturated rings. The summed E-state index contributed by atoms with van der Waals surface area (Å²) in [4.78, 5) is 14.0. The fraction of sp³-hybridized carbons (Fsp3) is 0.286. The zero-order valence-electron chi connectivity index (χ0n) is 7.71. The molecule has 4 N–H and O–H groups in total. The molecule has 8 heteroatoms. The highest BCUT2D eigenvalue weighted by molar-refractivity contribution is 7.99. The molecular formula is C7H10N4O3S. The van der Waals surface area contributed by atoms with Gasteiger partial charge in [-0.05, 0) is 0 Å². The number of thioether (sulfide) groups is 1. The topological polar surface area (TPSA) is 114 Å². The second-order valence-electron chi connectivity index (χ2n) is 2.52. The fourth-order valence-corrected chi connectivity index (χ4v) is 1.56.